The standard InChI is InChI=1S/C11H17N3O2/c1-14(2)8-4-7-12-10-6-3-5-9(13-10)11(15)16/h3,5-6H,4,7-8H2,1-2H3,(H,12,13)(H,15,16). The second kappa shape index (κ2) is 6.07. The Morgan fingerprint density at radius 3 is 2.88 bits per heavy atom. The summed E-state index contributed by atoms with van der Waals surface area (Å²) in [6.45, 7) is 1.78. The lowest BCUT2D eigenvalue weighted by Gasteiger charge is -2.10. The first kappa shape index (κ1) is 12.4. The van der Waals surface area contributed by atoms with Gasteiger partial charge in [0, 0.05) is 6.54 Å². The molecule has 1 heterocycles. The molecule has 0 fully saturated rings. The van der Waals surface area contributed by atoms with Crippen molar-refractivity contribution in [3.05, 3.63) is 23.9 Å². The maximum absolute atomic E-state index is 10.7. The third-order valence-corrected chi connectivity index (χ3v) is 2.06. The highest BCUT2D eigenvalue weighted by Crippen LogP contribution is 2.04. The molecule has 0 unspecified atom stereocenters. The van der Waals surface area contributed by atoms with Crippen LogP contribution in [0.1, 0.15) is 16.9 Å². The largest absolute Gasteiger partial charge is 0.477 e. The molecule has 1 rings (SSSR count). The molecule has 2 N–H and O–H groups in total. The van der Waals surface area contributed by atoms with E-state index >= 15 is 0 Å². The molecule has 0 amide bonds. The maximum Gasteiger partial charge on any atom is 0.354 e. The van der Waals surface area contributed by atoms with Gasteiger partial charge in [0.25, 0.3) is 0 Å². The van der Waals surface area contributed by atoms with Crippen LogP contribution in [-0.4, -0.2) is 48.1 Å². The van der Waals surface area contributed by atoms with E-state index < -0.39 is 5.97 Å². The van der Waals surface area contributed by atoms with Crippen molar-refractivity contribution in [1.29, 1.82) is 0 Å². The Morgan fingerprint density at radius 2 is 2.25 bits per heavy atom. The van der Waals surface area contributed by atoms with E-state index in [1.165, 1.54) is 6.07 Å². The van der Waals surface area contributed by atoms with Gasteiger partial charge in [0.1, 0.15) is 5.82 Å². The summed E-state index contributed by atoms with van der Waals surface area (Å²) in [6, 6.07) is 4.93. The molecular weight excluding hydrogens is 206 g/mol. The number of nitrogens with zero attached hydrogens (tertiary/aromatic N) is 2. The van der Waals surface area contributed by atoms with Gasteiger partial charge in [-0.05, 0) is 39.2 Å². The Morgan fingerprint density at radius 1 is 1.50 bits per heavy atom. The fourth-order valence-electron chi connectivity index (χ4n) is 1.26. The third-order valence-electron chi connectivity index (χ3n) is 2.06. The van der Waals surface area contributed by atoms with Gasteiger partial charge in [-0.25, -0.2) is 9.78 Å². The zero-order valence-electron chi connectivity index (χ0n) is 9.60. The molecule has 0 saturated carbocycles. The number of carbonyl (C=O) groups is 1. The van der Waals surface area contributed by atoms with E-state index in [0.717, 1.165) is 19.5 Å². The van der Waals surface area contributed by atoms with E-state index in [1.54, 1.807) is 12.1 Å². The first-order chi connectivity index (χ1) is 7.59. The van der Waals surface area contributed by atoms with Crippen LogP contribution in [0.4, 0.5) is 5.82 Å². The Bertz CT molecular complexity index is 353. The monoisotopic (exact) mass is 223 g/mol. The van der Waals surface area contributed by atoms with Gasteiger partial charge >= 0.3 is 5.97 Å². The van der Waals surface area contributed by atoms with Crippen LogP contribution in [0.5, 0.6) is 0 Å². The van der Waals surface area contributed by atoms with Crippen molar-refractivity contribution in [2.45, 2.75) is 6.42 Å². The summed E-state index contributed by atoms with van der Waals surface area (Å²) in [4.78, 5) is 16.7. The maximum atomic E-state index is 10.7. The second-order valence-electron chi connectivity index (χ2n) is 3.80. The summed E-state index contributed by atoms with van der Waals surface area (Å²) in [5, 5.41) is 11.9. The van der Waals surface area contributed by atoms with Crippen LogP contribution in [0.25, 0.3) is 0 Å². The number of pyridine rings is 1. The van der Waals surface area contributed by atoms with Crippen molar-refractivity contribution in [3.8, 4) is 0 Å². The molecule has 0 saturated heterocycles. The number of anilines is 1. The minimum Gasteiger partial charge on any atom is -0.477 e. The number of hydrogen-bond acceptors (Lipinski definition) is 4. The summed E-state index contributed by atoms with van der Waals surface area (Å²) < 4.78 is 0. The quantitative estimate of drug-likeness (QED) is 0.708. The minimum absolute atomic E-state index is 0.0672. The highest BCUT2D eigenvalue weighted by Gasteiger charge is 2.04. The van der Waals surface area contributed by atoms with Gasteiger partial charge in [0.15, 0.2) is 5.69 Å². The van der Waals surface area contributed by atoms with Gasteiger partial charge in [-0.1, -0.05) is 6.07 Å². The Balaban J connectivity index is 2.42. The van der Waals surface area contributed by atoms with Gasteiger partial charge in [0.05, 0.1) is 0 Å². The lowest BCUT2D eigenvalue weighted by Crippen LogP contribution is -2.16. The van der Waals surface area contributed by atoms with E-state index in [4.69, 9.17) is 5.11 Å². The lowest BCUT2D eigenvalue weighted by atomic mass is 10.3. The molecule has 0 atom stereocenters. The van der Waals surface area contributed by atoms with Crippen LogP contribution in [0.3, 0.4) is 0 Å². The molecule has 1 aromatic heterocycles. The fourth-order valence-corrected chi connectivity index (χ4v) is 1.26. The first-order valence-electron chi connectivity index (χ1n) is 5.18. The van der Waals surface area contributed by atoms with Gasteiger partial charge in [-0.2, -0.15) is 0 Å². The topological polar surface area (TPSA) is 65.5 Å². The SMILES string of the molecule is CN(C)CCCNc1cccc(C(=O)O)n1. The summed E-state index contributed by atoms with van der Waals surface area (Å²) in [7, 11) is 4.03. The van der Waals surface area contributed by atoms with E-state index in [1.807, 2.05) is 14.1 Å². The van der Waals surface area contributed by atoms with Gasteiger partial charge in [0.2, 0.25) is 0 Å². The molecule has 0 radical (unpaired) electrons. The molecule has 1 aromatic rings. The Labute approximate surface area is 95.1 Å². The van der Waals surface area contributed by atoms with Crippen molar-refractivity contribution in [2.24, 2.45) is 0 Å². The van der Waals surface area contributed by atoms with Crippen LogP contribution >= 0.6 is 0 Å². The number of nitrogens with one attached hydrogen (secondary N) is 1. The molecule has 0 aliphatic heterocycles. The summed E-state index contributed by atoms with van der Waals surface area (Å²) in [5.41, 5.74) is 0.0672. The molecular formula is C11H17N3O2. The summed E-state index contributed by atoms with van der Waals surface area (Å²) in [6.07, 6.45) is 0.992. The summed E-state index contributed by atoms with van der Waals surface area (Å²) in [5.74, 6) is -0.393. The smallest absolute Gasteiger partial charge is 0.354 e. The Kier molecular flexibility index (Phi) is 4.72. The number of carboxylic acids is 1. The zero-order valence-corrected chi connectivity index (χ0v) is 9.60. The van der Waals surface area contributed by atoms with Crippen LogP contribution in [-0.2, 0) is 0 Å². The molecule has 0 spiro atoms. The van der Waals surface area contributed by atoms with Crippen molar-refractivity contribution >= 4 is 11.8 Å². The first-order valence-corrected chi connectivity index (χ1v) is 5.18. The average molecular weight is 223 g/mol. The van der Waals surface area contributed by atoms with E-state index in [-0.39, 0.29) is 5.69 Å². The van der Waals surface area contributed by atoms with Crippen molar-refractivity contribution in [2.75, 3.05) is 32.5 Å². The molecule has 88 valence electrons. The second-order valence-corrected chi connectivity index (χ2v) is 3.80. The lowest BCUT2D eigenvalue weighted by molar-refractivity contribution is 0.0690. The number of carboxylic acid groups (broad SMARTS) is 1. The normalized spacial score (nSPS) is 10.4. The molecule has 0 aliphatic rings. The fraction of sp³-hybridized carbons (Fsp3) is 0.455. The van der Waals surface area contributed by atoms with Crippen LogP contribution in [0.2, 0.25) is 0 Å². The Hall–Kier alpha value is -1.62. The van der Waals surface area contributed by atoms with E-state index in [0.29, 0.717) is 5.82 Å². The predicted octanol–water partition coefficient (Wildman–Crippen LogP) is 1.14. The number of rotatable bonds is 6. The van der Waals surface area contributed by atoms with E-state index in [9.17, 15) is 4.79 Å². The van der Waals surface area contributed by atoms with Gasteiger partial charge in [-0.3, -0.25) is 0 Å². The molecule has 0 aliphatic carbocycles. The molecule has 5 nitrogen and oxygen atoms in total. The number of hydrogen-bond donors (Lipinski definition) is 2. The zero-order chi connectivity index (χ0) is 12.0. The highest BCUT2D eigenvalue weighted by atomic mass is 16.4. The molecule has 5 heteroatoms. The minimum atomic E-state index is -1.00. The van der Waals surface area contributed by atoms with Gasteiger partial charge in [-0.15, -0.1) is 0 Å². The number of aromatic carboxylic acids is 1. The van der Waals surface area contributed by atoms with Crippen molar-refractivity contribution < 1.29 is 9.90 Å². The third kappa shape index (κ3) is 4.27. The molecule has 16 heavy (non-hydrogen) atoms. The van der Waals surface area contributed by atoms with E-state index in [2.05, 4.69) is 15.2 Å². The van der Waals surface area contributed by atoms with Crippen molar-refractivity contribution in [1.82, 2.24) is 9.88 Å². The predicted molar refractivity (Wildman–Crippen MR) is 62.9 cm³/mol. The van der Waals surface area contributed by atoms with Crippen LogP contribution in [0, 0.1) is 0 Å². The molecule has 0 bridgehead atoms. The van der Waals surface area contributed by atoms with Crippen LogP contribution in [0.15, 0.2) is 18.2 Å². The van der Waals surface area contributed by atoms with Crippen LogP contribution < -0.4 is 5.32 Å². The summed E-state index contributed by atoms with van der Waals surface area (Å²) >= 11 is 0. The van der Waals surface area contributed by atoms with Crippen molar-refractivity contribution in [3.63, 3.8) is 0 Å². The van der Waals surface area contributed by atoms with Gasteiger partial charge < -0.3 is 15.3 Å². The highest BCUT2D eigenvalue weighted by molar-refractivity contribution is 5.85. The number of aromatic nitrogens is 1. The average Bonchev–Trinajstić information content (AvgIpc) is 2.24. The molecule has 0 aromatic carbocycles.